The van der Waals surface area contributed by atoms with Crippen LogP contribution in [-0.4, -0.2) is 31.6 Å². The van der Waals surface area contributed by atoms with Crippen molar-refractivity contribution >= 4 is 11.8 Å². The molecule has 0 atom stereocenters. The van der Waals surface area contributed by atoms with Gasteiger partial charge in [-0.05, 0) is 66.6 Å². The summed E-state index contributed by atoms with van der Waals surface area (Å²) in [4.78, 5) is 24.6. The SMILES string of the molecule is CC(C)COc1ccc(C(=O)NNC(=O)c2ccc(OCCOc3ccccc3)cc2)cc1. The second-order valence-corrected chi connectivity index (χ2v) is 7.67. The van der Waals surface area contributed by atoms with Crippen molar-refractivity contribution in [1.82, 2.24) is 10.9 Å². The van der Waals surface area contributed by atoms with Crippen molar-refractivity contribution < 1.29 is 23.8 Å². The Kier molecular flexibility index (Phi) is 8.71. The predicted octanol–water partition coefficient (Wildman–Crippen LogP) is 4.25. The minimum Gasteiger partial charge on any atom is -0.493 e. The molecule has 0 heterocycles. The molecular formula is C26H28N2O5. The number of nitrogens with one attached hydrogen (secondary N) is 2. The van der Waals surface area contributed by atoms with Crippen LogP contribution in [0, 0.1) is 5.92 Å². The van der Waals surface area contributed by atoms with Crippen molar-refractivity contribution in [2.75, 3.05) is 19.8 Å². The van der Waals surface area contributed by atoms with E-state index in [-0.39, 0.29) is 0 Å². The fourth-order valence-corrected chi connectivity index (χ4v) is 2.76. The number of ether oxygens (including phenoxy) is 3. The van der Waals surface area contributed by atoms with Gasteiger partial charge in [-0.25, -0.2) is 0 Å². The summed E-state index contributed by atoms with van der Waals surface area (Å²) < 4.78 is 16.8. The Morgan fingerprint density at radius 1 is 0.636 bits per heavy atom. The van der Waals surface area contributed by atoms with Crippen LogP contribution in [0.25, 0.3) is 0 Å². The van der Waals surface area contributed by atoms with Gasteiger partial charge in [0, 0.05) is 11.1 Å². The van der Waals surface area contributed by atoms with Crippen molar-refractivity contribution in [2.45, 2.75) is 13.8 Å². The zero-order valence-electron chi connectivity index (χ0n) is 18.7. The fraction of sp³-hybridized carbons (Fsp3) is 0.231. The first kappa shape index (κ1) is 23.7. The molecule has 0 aliphatic heterocycles. The lowest BCUT2D eigenvalue weighted by Crippen LogP contribution is -2.41. The molecule has 0 bridgehead atoms. The molecule has 0 aromatic heterocycles. The van der Waals surface area contributed by atoms with E-state index in [0.717, 1.165) is 5.75 Å². The topological polar surface area (TPSA) is 85.9 Å². The number of carbonyl (C=O) groups is 2. The number of hydrazine groups is 1. The molecule has 2 amide bonds. The number of hydrogen-bond acceptors (Lipinski definition) is 5. The lowest BCUT2D eigenvalue weighted by Gasteiger charge is -2.11. The monoisotopic (exact) mass is 448 g/mol. The molecule has 7 heteroatoms. The standard InChI is InChI=1S/C26H28N2O5/c1-19(2)18-33-24-14-10-21(11-15-24)26(30)28-27-25(29)20-8-12-23(13-9-20)32-17-16-31-22-6-4-3-5-7-22/h3-15,19H,16-18H2,1-2H3,(H,27,29)(H,28,30). The van der Waals surface area contributed by atoms with Gasteiger partial charge in [-0.1, -0.05) is 32.0 Å². The van der Waals surface area contributed by atoms with Gasteiger partial charge < -0.3 is 14.2 Å². The van der Waals surface area contributed by atoms with Gasteiger partial charge in [-0.2, -0.15) is 0 Å². The van der Waals surface area contributed by atoms with Crippen molar-refractivity contribution in [3.05, 3.63) is 90.0 Å². The third kappa shape index (κ3) is 7.88. The summed E-state index contributed by atoms with van der Waals surface area (Å²) in [6, 6.07) is 22.8. The number of rotatable bonds is 10. The van der Waals surface area contributed by atoms with Crippen LogP contribution in [0.2, 0.25) is 0 Å². The summed E-state index contributed by atoms with van der Waals surface area (Å²) in [5, 5.41) is 0. The molecule has 172 valence electrons. The van der Waals surface area contributed by atoms with Crippen molar-refractivity contribution in [1.29, 1.82) is 0 Å². The highest BCUT2D eigenvalue weighted by molar-refractivity contribution is 5.99. The Labute approximate surface area is 193 Å². The van der Waals surface area contributed by atoms with Crippen LogP contribution in [0.1, 0.15) is 34.6 Å². The van der Waals surface area contributed by atoms with E-state index in [1.54, 1.807) is 48.5 Å². The molecule has 0 saturated heterocycles. The Hall–Kier alpha value is -4.00. The van der Waals surface area contributed by atoms with E-state index in [0.29, 0.717) is 48.4 Å². The molecule has 0 aliphatic rings. The Balaban J connectivity index is 1.40. The smallest absolute Gasteiger partial charge is 0.269 e. The first-order valence-electron chi connectivity index (χ1n) is 10.8. The first-order valence-corrected chi connectivity index (χ1v) is 10.8. The average molecular weight is 449 g/mol. The number of para-hydroxylation sites is 1. The van der Waals surface area contributed by atoms with Crippen LogP contribution in [-0.2, 0) is 0 Å². The predicted molar refractivity (Wildman–Crippen MR) is 126 cm³/mol. The van der Waals surface area contributed by atoms with E-state index in [4.69, 9.17) is 14.2 Å². The van der Waals surface area contributed by atoms with Gasteiger partial charge in [0.2, 0.25) is 0 Å². The van der Waals surface area contributed by atoms with E-state index < -0.39 is 11.8 Å². The first-order chi connectivity index (χ1) is 16.0. The summed E-state index contributed by atoms with van der Waals surface area (Å²) in [6.07, 6.45) is 0. The van der Waals surface area contributed by atoms with Crippen LogP contribution in [0.4, 0.5) is 0 Å². The molecule has 0 aliphatic carbocycles. The van der Waals surface area contributed by atoms with Gasteiger partial charge in [-0.15, -0.1) is 0 Å². The number of amides is 2. The van der Waals surface area contributed by atoms with Gasteiger partial charge in [-0.3, -0.25) is 20.4 Å². The molecule has 0 radical (unpaired) electrons. The van der Waals surface area contributed by atoms with Crippen molar-refractivity contribution in [2.24, 2.45) is 5.92 Å². The third-order valence-corrected chi connectivity index (χ3v) is 4.47. The van der Waals surface area contributed by atoms with E-state index in [1.165, 1.54) is 0 Å². The molecule has 2 N–H and O–H groups in total. The van der Waals surface area contributed by atoms with E-state index in [2.05, 4.69) is 24.7 Å². The summed E-state index contributed by atoms with van der Waals surface area (Å²) in [5.74, 6) is 1.66. The number of benzene rings is 3. The summed E-state index contributed by atoms with van der Waals surface area (Å²) in [7, 11) is 0. The fourth-order valence-electron chi connectivity index (χ4n) is 2.76. The van der Waals surface area contributed by atoms with Crippen LogP contribution in [0.15, 0.2) is 78.9 Å². The number of hydrogen-bond donors (Lipinski definition) is 2. The minimum atomic E-state index is -0.431. The highest BCUT2D eigenvalue weighted by Crippen LogP contribution is 2.14. The van der Waals surface area contributed by atoms with Crippen LogP contribution >= 0.6 is 0 Å². The van der Waals surface area contributed by atoms with Crippen molar-refractivity contribution in [3.8, 4) is 17.2 Å². The Morgan fingerprint density at radius 2 is 1.06 bits per heavy atom. The third-order valence-electron chi connectivity index (χ3n) is 4.47. The van der Waals surface area contributed by atoms with Crippen molar-refractivity contribution in [3.63, 3.8) is 0 Å². The lowest BCUT2D eigenvalue weighted by molar-refractivity contribution is 0.0846. The second kappa shape index (κ2) is 12.1. The lowest BCUT2D eigenvalue weighted by atomic mass is 10.2. The summed E-state index contributed by atoms with van der Waals surface area (Å²) in [5.41, 5.74) is 5.62. The molecular weight excluding hydrogens is 420 g/mol. The van der Waals surface area contributed by atoms with E-state index in [1.807, 2.05) is 30.3 Å². The molecule has 0 fully saturated rings. The Morgan fingerprint density at radius 3 is 1.52 bits per heavy atom. The van der Waals surface area contributed by atoms with Crippen LogP contribution in [0.3, 0.4) is 0 Å². The summed E-state index contributed by atoms with van der Waals surface area (Å²) >= 11 is 0. The molecule has 3 rings (SSSR count). The molecule has 0 saturated carbocycles. The molecule has 3 aromatic carbocycles. The summed E-state index contributed by atoms with van der Waals surface area (Å²) in [6.45, 7) is 5.51. The largest absolute Gasteiger partial charge is 0.493 e. The van der Waals surface area contributed by atoms with Gasteiger partial charge in [0.15, 0.2) is 0 Å². The molecule has 33 heavy (non-hydrogen) atoms. The van der Waals surface area contributed by atoms with Gasteiger partial charge in [0.05, 0.1) is 6.61 Å². The highest BCUT2D eigenvalue weighted by atomic mass is 16.5. The van der Waals surface area contributed by atoms with Crippen LogP contribution in [0.5, 0.6) is 17.2 Å². The van der Waals surface area contributed by atoms with E-state index >= 15 is 0 Å². The molecule has 7 nitrogen and oxygen atoms in total. The van der Waals surface area contributed by atoms with E-state index in [9.17, 15) is 9.59 Å². The quantitative estimate of drug-likeness (QED) is 0.358. The van der Waals surface area contributed by atoms with Gasteiger partial charge >= 0.3 is 0 Å². The van der Waals surface area contributed by atoms with Crippen LogP contribution < -0.4 is 25.1 Å². The highest BCUT2D eigenvalue weighted by Gasteiger charge is 2.10. The maximum Gasteiger partial charge on any atom is 0.269 e. The molecule has 3 aromatic rings. The average Bonchev–Trinajstić information content (AvgIpc) is 2.85. The van der Waals surface area contributed by atoms with Gasteiger partial charge in [0.1, 0.15) is 30.5 Å². The Bertz CT molecular complexity index is 1020. The zero-order chi connectivity index (χ0) is 23.5. The zero-order valence-corrected chi connectivity index (χ0v) is 18.7. The molecule has 0 unspecified atom stereocenters. The number of carbonyl (C=O) groups excluding carboxylic acids is 2. The molecule has 0 spiro atoms. The maximum atomic E-state index is 12.3. The van der Waals surface area contributed by atoms with Gasteiger partial charge in [0.25, 0.3) is 11.8 Å². The maximum absolute atomic E-state index is 12.3. The minimum absolute atomic E-state index is 0.373. The normalized spacial score (nSPS) is 10.4. The second-order valence-electron chi connectivity index (χ2n) is 7.67.